The molecule has 0 radical (unpaired) electrons. The molecule has 3 heterocycles. The molecule has 0 saturated carbocycles. The Morgan fingerprint density at radius 2 is 1.59 bits per heavy atom. The lowest BCUT2D eigenvalue weighted by molar-refractivity contribution is 0.399. The van der Waals surface area contributed by atoms with Gasteiger partial charge in [0.1, 0.15) is 17.0 Å². The van der Waals surface area contributed by atoms with Gasteiger partial charge in [-0.1, -0.05) is 77.6 Å². The number of para-hydroxylation sites is 3. The summed E-state index contributed by atoms with van der Waals surface area (Å²) in [6.07, 6.45) is 0. The summed E-state index contributed by atoms with van der Waals surface area (Å²) in [5.41, 5.74) is 5.37. The molecular formula is C26H19N5O2S. The molecule has 34 heavy (non-hydrogen) atoms. The van der Waals surface area contributed by atoms with Crippen LogP contribution in [0.1, 0.15) is 11.7 Å². The monoisotopic (exact) mass is 465 g/mol. The van der Waals surface area contributed by atoms with Crippen molar-refractivity contribution in [1.82, 2.24) is 24.9 Å². The number of rotatable bonds is 6. The fourth-order valence-corrected chi connectivity index (χ4v) is 4.75. The van der Waals surface area contributed by atoms with Crippen LogP contribution in [-0.2, 0) is 5.75 Å². The minimum absolute atomic E-state index is 0.393. The summed E-state index contributed by atoms with van der Waals surface area (Å²) >= 11 is 1.55. The smallest absolute Gasteiger partial charge is 0.253 e. The standard InChI is InChI=1S/C26H19N5O2S/c1-17-23(24(30-33-17)18-10-4-2-5-11-18)25-29-28-22(32-25)16-34-26-27-20-14-8-9-15-21(20)31(26)19-12-6-3-7-13-19/h2-15H,16H2,1H3. The average Bonchev–Trinajstić information content (AvgIpc) is 3.60. The van der Waals surface area contributed by atoms with Crippen LogP contribution in [0.5, 0.6) is 0 Å². The van der Waals surface area contributed by atoms with E-state index in [0.29, 0.717) is 34.6 Å². The van der Waals surface area contributed by atoms with Gasteiger partial charge in [0.05, 0.1) is 16.8 Å². The normalized spacial score (nSPS) is 11.3. The van der Waals surface area contributed by atoms with Gasteiger partial charge >= 0.3 is 0 Å². The zero-order valence-corrected chi connectivity index (χ0v) is 19.1. The summed E-state index contributed by atoms with van der Waals surface area (Å²) in [6, 6.07) is 28.1. The SMILES string of the molecule is Cc1onc(-c2ccccc2)c1-c1nnc(CSc2nc3ccccc3n2-c2ccccc2)o1. The molecule has 0 bridgehead atoms. The molecule has 3 aromatic heterocycles. The highest BCUT2D eigenvalue weighted by Crippen LogP contribution is 2.35. The molecule has 0 aliphatic heterocycles. The van der Waals surface area contributed by atoms with Gasteiger partial charge < -0.3 is 8.94 Å². The zero-order valence-electron chi connectivity index (χ0n) is 18.3. The van der Waals surface area contributed by atoms with Crippen LogP contribution in [0, 0.1) is 6.92 Å². The molecule has 0 unspecified atom stereocenters. The number of thioether (sulfide) groups is 1. The van der Waals surface area contributed by atoms with E-state index in [4.69, 9.17) is 13.9 Å². The summed E-state index contributed by atoms with van der Waals surface area (Å²) < 4.78 is 13.6. The molecule has 7 nitrogen and oxygen atoms in total. The summed E-state index contributed by atoms with van der Waals surface area (Å²) in [5, 5.41) is 13.6. The van der Waals surface area contributed by atoms with Crippen molar-refractivity contribution in [2.75, 3.05) is 0 Å². The Hall–Kier alpha value is -4.17. The number of hydrogen-bond acceptors (Lipinski definition) is 7. The fraction of sp³-hybridized carbons (Fsp3) is 0.0769. The van der Waals surface area contributed by atoms with Crippen molar-refractivity contribution >= 4 is 22.8 Å². The van der Waals surface area contributed by atoms with Gasteiger partial charge in [-0.05, 0) is 31.2 Å². The van der Waals surface area contributed by atoms with Crippen LogP contribution >= 0.6 is 11.8 Å². The van der Waals surface area contributed by atoms with Gasteiger partial charge in [-0.3, -0.25) is 4.57 Å². The highest BCUT2D eigenvalue weighted by Gasteiger charge is 2.22. The molecule has 0 atom stereocenters. The van der Waals surface area contributed by atoms with E-state index in [1.165, 1.54) is 0 Å². The average molecular weight is 466 g/mol. The van der Waals surface area contributed by atoms with Crippen LogP contribution in [0.15, 0.2) is 99.0 Å². The van der Waals surface area contributed by atoms with E-state index in [0.717, 1.165) is 27.4 Å². The molecule has 0 aliphatic rings. The van der Waals surface area contributed by atoms with Crippen molar-refractivity contribution in [3.05, 3.63) is 96.6 Å². The summed E-state index contributed by atoms with van der Waals surface area (Å²) in [7, 11) is 0. The molecule has 166 valence electrons. The maximum atomic E-state index is 6.03. The highest BCUT2D eigenvalue weighted by molar-refractivity contribution is 7.98. The Morgan fingerprint density at radius 1 is 0.853 bits per heavy atom. The minimum atomic E-state index is 0.393. The fourth-order valence-electron chi connectivity index (χ4n) is 3.88. The molecule has 0 aliphatic carbocycles. The first-order valence-corrected chi connectivity index (χ1v) is 11.8. The minimum Gasteiger partial charge on any atom is -0.420 e. The van der Waals surface area contributed by atoms with E-state index in [-0.39, 0.29) is 0 Å². The zero-order chi connectivity index (χ0) is 22.9. The topological polar surface area (TPSA) is 82.8 Å². The first-order valence-electron chi connectivity index (χ1n) is 10.8. The molecule has 0 N–H and O–H groups in total. The molecular weight excluding hydrogens is 446 g/mol. The van der Waals surface area contributed by atoms with E-state index < -0.39 is 0 Å². The lowest BCUT2D eigenvalue weighted by Gasteiger charge is -2.08. The lowest BCUT2D eigenvalue weighted by atomic mass is 10.1. The third-order valence-corrected chi connectivity index (χ3v) is 6.38. The van der Waals surface area contributed by atoms with Crippen molar-refractivity contribution in [1.29, 1.82) is 0 Å². The van der Waals surface area contributed by atoms with Gasteiger partial charge in [0.15, 0.2) is 5.16 Å². The molecule has 6 rings (SSSR count). The van der Waals surface area contributed by atoms with Crippen LogP contribution in [0.3, 0.4) is 0 Å². The van der Waals surface area contributed by atoms with Crippen molar-refractivity contribution < 1.29 is 8.94 Å². The number of hydrogen-bond donors (Lipinski definition) is 0. The van der Waals surface area contributed by atoms with E-state index in [2.05, 4.69) is 38.1 Å². The van der Waals surface area contributed by atoms with Crippen LogP contribution in [-0.4, -0.2) is 24.9 Å². The van der Waals surface area contributed by atoms with Crippen LogP contribution in [0.4, 0.5) is 0 Å². The van der Waals surface area contributed by atoms with Gasteiger partial charge in [-0.15, -0.1) is 10.2 Å². The molecule has 0 amide bonds. The van der Waals surface area contributed by atoms with E-state index >= 15 is 0 Å². The van der Waals surface area contributed by atoms with Gasteiger partial charge in [0, 0.05) is 11.3 Å². The van der Waals surface area contributed by atoms with Crippen LogP contribution < -0.4 is 0 Å². The molecule has 0 saturated heterocycles. The van der Waals surface area contributed by atoms with Crippen molar-refractivity contribution in [3.8, 4) is 28.4 Å². The second-order valence-electron chi connectivity index (χ2n) is 7.67. The number of nitrogens with zero attached hydrogens (tertiary/aromatic N) is 5. The van der Waals surface area contributed by atoms with E-state index in [9.17, 15) is 0 Å². The van der Waals surface area contributed by atoms with Crippen molar-refractivity contribution in [2.45, 2.75) is 17.8 Å². The predicted octanol–water partition coefficient (Wildman–Crippen LogP) is 6.33. The van der Waals surface area contributed by atoms with Gasteiger partial charge in [0.25, 0.3) is 5.89 Å². The van der Waals surface area contributed by atoms with Crippen LogP contribution in [0.2, 0.25) is 0 Å². The summed E-state index contributed by atoms with van der Waals surface area (Å²) in [4.78, 5) is 4.84. The lowest BCUT2D eigenvalue weighted by Crippen LogP contribution is -1.96. The third-order valence-electron chi connectivity index (χ3n) is 5.46. The van der Waals surface area contributed by atoms with Crippen molar-refractivity contribution in [3.63, 3.8) is 0 Å². The Morgan fingerprint density at radius 3 is 2.41 bits per heavy atom. The number of aromatic nitrogens is 5. The first kappa shape index (κ1) is 20.4. The second kappa shape index (κ2) is 8.64. The summed E-state index contributed by atoms with van der Waals surface area (Å²) in [6.45, 7) is 1.84. The maximum absolute atomic E-state index is 6.03. The van der Waals surface area contributed by atoms with Crippen molar-refractivity contribution in [2.24, 2.45) is 0 Å². The molecule has 8 heteroatoms. The largest absolute Gasteiger partial charge is 0.420 e. The molecule has 0 spiro atoms. The quantitative estimate of drug-likeness (QED) is 0.266. The highest BCUT2D eigenvalue weighted by atomic mass is 32.2. The van der Waals surface area contributed by atoms with Gasteiger partial charge in [0.2, 0.25) is 5.89 Å². The number of benzene rings is 3. The Kier molecular flexibility index (Phi) is 5.20. The van der Waals surface area contributed by atoms with E-state index in [1.807, 2.05) is 73.7 Å². The number of imidazole rings is 1. The first-order chi connectivity index (χ1) is 16.8. The Labute approximate surface area is 199 Å². The molecule has 6 aromatic rings. The van der Waals surface area contributed by atoms with E-state index in [1.54, 1.807) is 11.8 Å². The predicted molar refractivity (Wildman–Crippen MR) is 131 cm³/mol. The Balaban J connectivity index is 1.31. The van der Waals surface area contributed by atoms with Gasteiger partial charge in [-0.25, -0.2) is 4.98 Å². The molecule has 3 aromatic carbocycles. The van der Waals surface area contributed by atoms with Crippen LogP contribution in [0.25, 0.3) is 39.4 Å². The second-order valence-corrected chi connectivity index (χ2v) is 8.61. The molecule has 0 fully saturated rings. The maximum Gasteiger partial charge on any atom is 0.253 e. The number of aryl methyl sites for hydroxylation is 1. The summed E-state index contributed by atoms with van der Waals surface area (Å²) in [5.74, 6) is 2.01. The number of fused-ring (bicyclic) bond motifs is 1. The third kappa shape index (κ3) is 3.68. The van der Waals surface area contributed by atoms with Gasteiger partial charge in [-0.2, -0.15) is 0 Å². The Bertz CT molecular complexity index is 1570.